The standard InChI is InChI=1S/C33H34BrFN4O4/c1-42-31-20-25-28(18-23(31)7-6-21-10-14-36-15-11-21)37-17-13-29(25)43-30-9-8-24(19-27(30)35)39-33(41)32(40)38-16-12-22-4-2-3-5-26(22)34/h2-5,8-9,13,17-21,36H,6-7,10-12,14-16H2,1H3,(H,38,40)(H,39,41). The lowest BCUT2D eigenvalue weighted by molar-refractivity contribution is -0.136. The molecule has 8 nitrogen and oxygen atoms in total. The normalized spacial score (nSPS) is 13.5. The summed E-state index contributed by atoms with van der Waals surface area (Å²) >= 11 is 3.46. The summed E-state index contributed by atoms with van der Waals surface area (Å²) in [5.74, 6) is -0.555. The zero-order valence-corrected chi connectivity index (χ0v) is 25.5. The van der Waals surface area contributed by atoms with Crippen LogP contribution in [0.5, 0.6) is 17.2 Å². The van der Waals surface area contributed by atoms with Crippen LogP contribution in [0.2, 0.25) is 0 Å². The van der Waals surface area contributed by atoms with E-state index in [4.69, 9.17) is 9.47 Å². The number of carbonyl (C=O) groups is 2. The van der Waals surface area contributed by atoms with Gasteiger partial charge in [-0.3, -0.25) is 14.6 Å². The second kappa shape index (κ2) is 14.4. The van der Waals surface area contributed by atoms with Crippen LogP contribution < -0.4 is 25.4 Å². The van der Waals surface area contributed by atoms with Gasteiger partial charge in [-0.05, 0) is 98.6 Å². The summed E-state index contributed by atoms with van der Waals surface area (Å²) in [6.45, 7) is 2.41. The first kappa shape index (κ1) is 30.4. The molecule has 3 aromatic carbocycles. The third kappa shape index (κ3) is 7.88. The summed E-state index contributed by atoms with van der Waals surface area (Å²) in [7, 11) is 1.64. The average Bonchev–Trinajstić information content (AvgIpc) is 3.02. The summed E-state index contributed by atoms with van der Waals surface area (Å²) in [6.07, 6.45) is 6.52. The minimum absolute atomic E-state index is 0.0302. The quantitative estimate of drug-likeness (QED) is 0.178. The van der Waals surface area contributed by atoms with Crippen LogP contribution in [0.3, 0.4) is 0 Å². The van der Waals surface area contributed by atoms with E-state index in [0.717, 1.165) is 58.9 Å². The predicted molar refractivity (Wildman–Crippen MR) is 168 cm³/mol. The molecule has 0 saturated carbocycles. The maximum Gasteiger partial charge on any atom is 0.313 e. The molecule has 1 aliphatic heterocycles. The number of hydrogen-bond donors (Lipinski definition) is 3. The molecule has 5 rings (SSSR count). The lowest BCUT2D eigenvalue weighted by Crippen LogP contribution is -2.36. The summed E-state index contributed by atoms with van der Waals surface area (Å²) in [6, 6.07) is 17.2. The third-order valence-corrected chi connectivity index (χ3v) is 8.41. The van der Waals surface area contributed by atoms with Crippen molar-refractivity contribution in [3.05, 3.63) is 88.3 Å². The molecule has 0 aliphatic carbocycles. The van der Waals surface area contributed by atoms with Gasteiger partial charge in [0.05, 0.1) is 12.6 Å². The largest absolute Gasteiger partial charge is 0.496 e. The van der Waals surface area contributed by atoms with Gasteiger partial charge < -0.3 is 25.4 Å². The topological polar surface area (TPSA) is 102 Å². The lowest BCUT2D eigenvalue weighted by atomic mass is 9.91. The van der Waals surface area contributed by atoms with E-state index in [1.165, 1.54) is 25.0 Å². The zero-order chi connectivity index (χ0) is 30.2. The highest BCUT2D eigenvalue weighted by Gasteiger charge is 2.18. The summed E-state index contributed by atoms with van der Waals surface area (Å²) in [5.41, 5.74) is 2.96. The molecule has 0 radical (unpaired) electrons. The number of nitrogens with zero attached hydrogens (tertiary/aromatic N) is 1. The number of anilines is 1. The van der Waals surface area contributed by atoms with E-state index in [9.17, 15) is 9.59 Å². The van der Waals surface area contributed by atoms with E-state index in [-0.39, 0.29) is 18.0 Å². The molecular weight excluding hydrogens is 615 g/mol. The Morgan fingerprint density at radius 1 is 0.977 bits per heavy atom. The summed E-state index contributed by atoms with van der Waals surface area (Å²) < 4.78 is 27.7. The van der Waals surface area contributed by atoms with Crippen LogP contribution in [0, 0.1) is 11.7 Å². The molecular formula is C33H34BrFN4O4. The van der Waals surface area contributed by atoms with Gasteiger partial charge in [0.1, 0.15) is 11.5 Å². The van der Waals surface area contributed by atoms with Crippen LogP contribution in [0.4, 0.5) is 10.1 Å². The number of rotatable bonds is 10. The lowest BCUT2D eigenvalue weighted by Gasteiger charge is -2.23. The van der Waals surface area contributed by atoms with Crippen molar-refractivity contribution >= 4 is 44.3 Å². The van der Waals surface area contributed by atoms with Crippen molar-refractivity contribution in [1.82, 2.24) is 15.6 Å². The van der Waals surface area contributed by atoms with Gasteiger partial charge in [-0.2, -0.15) is 0 Å². The number of nitrogens with one attached hydrogen (secondary N) is 3. The molecule has 0 unspecified atom stereocenters. The number of amides is 2. The molecule has 1 fully saturated rings. The molecule has 2 amide bonds. The van der Waals surface area contributed by atoms with E-state index < -0.39 is 17.6 Å². The van der Waals surface area contributed by atoms with Gasteiger partial charge in [0, 0.05) is 34.4 Å². The number of carbonyl (C=O) groups excluding carboxylic acids is 2. The third-order valence-electron chi connectivity index (χ3n) is 7.64. The number of ether oxygens (including phenoxy) is 2. The molecule has 0 bridgehead atoms. The number of fused-ring (bicyclic) bond motifs is 1. The van der Waals surface area contributed by atoms with Crippen molar-refractivity contribution in [2.75, 3.05) is 32.1 Å². The monoisotopic (exact) mass is 648 g/mol. The van der Waals surface area contributed by atoms with Crippen LogP contribution in [0.15, 0.2) is 71.3 Å². The number of piperidine rings is 1. The molecule has 0 spiro atoms. The minimum atomic E-state index is -0.886. The summed E-state index contributed by atoms with van der Waals surface area (Å²) in [5, 5.41) is 9.12. The highest BCUT2D eigenvalue weighted by Crippen LogP contribution is 2.36. The van der Waals surface area contributed by atoms with Gasteiger partial charge in [0.2, 0.25) is 0 Å². The van der Waals surface area contributed by atoms with Gasteiger partial charge in [-0.25, -0.2) is 4.39 Å². The first-order valence-electron chi connectivity index (χ1n) is 14.4. The second-order valence-corrected chi connectivity index (χ2v) is 11.4. The van der Waals surface area contributed by atoms with Gasteiger partial charge in [0.15, 0.2) is 11.6 Å². The minimum Gasteiger partial charge on any atom is -0.496 e. The zero-order valence-electron chi connectivity index (χ0n) is 23.9. The van der Waals surface area contributed by atoms with Crippen molar-refractivity contribution in [3.63, 3.8) is 0 Å². The Kier molecular flexibility index (Phi) is 10.2. The first-order valence-corrected chi connectivity index (χ1v) is 15.2. The fourth-order valence-electron chi connectivity index (χ4n) is 5.26. The molecule has 1 saturated heterocycles. The molecule has 3 N–H and O–H groups in total. The van der Waals surface area contributed by atoms with E-state index >= 15 is 4.39 Å². The number of methoxy groups -OCH3 is 1. The van der Waals surface area contributed by atoms with Gasteiger partial charge in [-0.1, -0.05) is 34.1 Å². The SMILES string of the molecule is COc1cc2c(Oc3ccc(NC(=O)C(=O)NCCc4ccccc4Br)cc3F)ccnc2cc1CCC1CCNCC1. The summed E-state index contributed by atoms with van der Waals surface area (Å²) in [4.78, 5) is 29.2. The maximum absolute atomic E-state index is 15.1. The molecule has 224 valence electrons. The molecule has 1 aliphatic rings. The fourth-order valence-corrected chi connectivity index (χ4v) is 5.74. The molecule has 1 aromatic heterocycles. The number of pyridine rings is 1. The van der Waals surface area contributed by atoms with Crippen LogP contribution >= 0.6 is 15.9 Å². The Morgan fingerprint density at radius 2 is 1.79 bits per heavy atom. The highest BCUT2D eigenvalue weighted by molar-refractivity contribution is 9.10. The Hall–Kier alpha value is -4.02. The number of aromatic nitrogens is 1. The Bertz CT molecular complexity index is 1610. The second-order valence-electron chi connectivity index (χ2n) is 10.5. The molecule has 10 heteroatoms. The van der Waals surface area contributed by atoms with Crippen molar-refractivity contribution < 1.29 is 23.5 Å². The van der Waals surface area contributed by atoms with Gasteiger partial charge in [0.25, 0.3) is 0 Å². The average molecular weight is 650 g/mol. The van der Waals surface area contributed by atoms with Crippen molar-refractivity contribution in [1.29, 1.82) is 0 Å². The smallest absolute Gasteiger partial charge is 0.313 e. The molecule has 43 heavy (non-hydrogen) atoms. The molecule has 0 atom stereocenters. The predicted octanol–water partition coefficient (Wildman–Crippen LogP) is 6.17. The number of aryl methyl sites for hydroxylation is 1. The van der Waals surface area contributed by atoms with Crippen molar-refractivity contribution in [2.24, 2.45) is 5.92 Å². The van der Waals surface area contributed by atoms with E-state index in [1.807, 2.05) is 36.4 Å². The van der Waals surface area contributed by atoms with E-state index in [1.54, 1.807) is 19.4 Å². The van der Waals surface area contributed by atoms with Gasteiger partial charge in [-0.15, -0.1) is 0 Å². The van der Waals surface area contributed by atoms with Crippen LogP contribution in [0.1, 0.15) is 30.4 Å². The van der Waals surface area contributed by atoms with E-state index in [2.05, 4.69) is 36.9 Å². The van der Waals surface area contributed by atoms with Gasteiger partial charge >= 0.3 is 11.8 Å². The number of hydrogen-bond acceptors (Lipinski definition) is 6. The number of halogens is 2. The molecule has 4 aromatic rings. The van der Waals surface area contributed by atoms with Crippen LogP contribution in [-0.2, 0) is 22.4 Å². The fraction of sp³-hybridized carbons (Fsp3) is 0.303. The van der Waals surface area contributed by atoms with E-state index in [0.29, 0.717) is 23.5 Å². The van der Waals surface area contributed by atoms with Crippen molar-refractivity contribution in [2.45, 2.75) is 32.1 Å². The Balaban J connectivity index is 1.22. The Labute approximate surface area is 258 Å². The maximum atomic E-state index is 15.1. The molecule has 2 heterocycles. The first-order chi connectivity index (χ1) is 20.9. The highest BCUT2D eigenvalue weighted by atomic mass is 79.9. The van der Waals surface area contributed by atoms with Crippen LogP contribution in [-0.4, -0.2) is 43.5 Å². The van der Waals surface area contributed by atoms with Crippen molar-refractivity contribution in [3.8, 4) is 17.2 Å². The van der Waals surface area contributed by atoms with Crippen LogP contribution in [0.25, 0.3) is 10.9 Å². The Morgan fingerprint density at radius 3 is 2.56 bits per heavy atom. The number of benzene rings is 3.